The molecule has 0 bridgehead atoms. The molecule has 1 fully saturated rings. The van der Waals surface area contributed by atoms with Gasteiger partial charge in [-0.2, -0.15) is 0 Å². The van der Waals surface area contributed by atoms with Gasteiger partial charge in [0.25, 0.3) is 5.56 Å². The lowest BCUT2D eigenvalue weighted by molar-refractivity contribution is 0.724. The number of aromatic nitrogens is 2. The summed E-state index contributed by atoms with van der Waals surface area (Å²) in [6.07, 6.45) is 1.85. The molecule has 27 heavy (non-hydrogen) atoms. The molecule has 0 aliphatic carbocycles. The lowest BCUT2D eigenvalue weighted by atomic mass is 10.0. The van der Waals surface area contributed by atoms with Crippen molar-refractivity contribution in [2.75, 3.05) is 31.1 Å². The van der Waals surface area contributed by atoms with Gasteiger partial charge in [-0.25, -0.2) is 4.98 Å². The number of aromatic amines is 1. The predicted octanol–water partition coefficient (Wildman–Crippen LogP) is 4.32. The van der Waals surface area contributed by atoms with Crippen molar-refractivity contribution in [1.29, 1.82) is 0 Å². The van der Waals surface area contributed by atoms with Crippen molar-refractivity contribution in [3.05, 3.63) is 43.5 Å². The highest BCUT2D eigenvalue weighted by Gasteiger charge is 2.20. The molecule has 4 rings (SSSR count). The number of nitrogens with zero attached hydrogens (tertiary/aromatic N) is 2. The van der Waals surface area contributed by atoms with Crippen LogP contribution < -0.4 is 15.8 Å². The summed E-state index contributed by atoms with van der Waals surface area (Å²) in [5.41, 5.74) is 1.70. The Kier molecular flexibility index (Phi) is 5.41. The highest BCUT2D eigenvalue weighted by Crippen LogP contribution is 2.39. The van der Waals surface area contributed by atoms with E-state index in [4.69, 9.17) is 28.2 Å². The molecule has 0 amide bonds. The number of anilines is 1. The Morgan fingerprint density at radius 1 is 1.22 bits per heavy atom. The number of rotatable bonds is 3. The minimum absolute atomic E-state index is 0.107. The SMILES string of the molecule is CCc1sc2nc(N3CCCNCC3)[nH]c(=O)c2c1-c1ccc(Cl)c(Cl)c1. The van der Waals surface area contributed by atoms with Crippen molar-refractivity contribution < 1.29 is 0 Å². The first-order valence-electron chi connectivity index (χ1n) is 9.05. The van der Waals surface area contributed by atoms with Crippen molar-refractivity contribution in [1.82, 2.24) is 15.3 Å². The van der Waals surface area contributed by atoms with Crippen LogP contribution in [0.3, 0.4) is 0 Å². The molecule has 0 radical (unpaired) electrons. The third-order valence-corrected chi connectivity index (χ3v) is 6.76. The molecular formula is C19H20Cl2N4OS. The second-order valence-electron chi connectivity index (χ2n) is 6.54. The Morgan fingerprint density at radius 3 is 2.85 bits per heavy atom. The Bertz CT molecular complexity index is 1040. The molecule has 2 N–H and O–H groups in total. The van der Waals surface area contributed by atoms with Crippen LogP contribution in [-0.2, 0) is 6.42 Å². The first-order chi connectivity index (χ1) is 13.1. The van der Waals surface area contributed by atoms with Crippen LogP contribution in [0.25, 0.3) is 21.3 Å². The van der Waals surface area contributed by atoms with E-state index < -0.39 is 0 Å². The highest BCUT2D eigenvalue weighted by atomic mass is 35.5. The average molecular weight is 423 g/mol. The van der Waals surface area contributed by atoms with Crippen molar-refractivity contribution in [2.45, 2.75) is 19.8 Å². The third kappa shape index (κ3) is 3.59. The molecule has 0 spiro atoms. The fourth-order valence-electron chi connectivity index (χ4n) is 3.46. The minimum atomic E-state index is -0.107. The fraction of sp³-hybridized carbons (Fsp3) is 0.368. The molecule has 142 valence electrons. The van der Waals surface area contributed by atoms with E-state index in [1.54, 1.807) is 17.4 Å². The Balaban J connectivity index is 1.87. The molecule has 0 saturated carbocycles. The van der Waals surface area contributed by atoms with Crippen LogP contribution in [0.4, 0.5) is 5.95 Å². The van der Waals surface area contributed by atoms with Gasteiger partial charge in [0.05, 0.1) is 15.4 Å². The molecule has 5 nitrogen and oxygen atoms in total. The van der Waals surface area contributed by atoms with E-state index in [-0.39, 0.29) is 5.56 Å². The van der Waals surface area contributed by atoms with Gasteiger partial charge in [-0.05, 0) is 37.1 Å². The van der Waals surface area contributed by atoms with E-state index >= 15 is 0 Å². The van der Waals surface area contributed by atoms with Gasteiger partial charge in [-0.1, -0.05) is 36.2 Å². The number of fused-ring (bicyclic) bond motifs is 1. The average Bonchev–Trinajstić information content (AvgIpc) is 2.84. The van der Waals surface area contributed by atoms with Gasteiger partial charge in [-0.3, -0.25) is 9.78 Å². The van der Waals surface area contributed by atoms with E-state index in [0.717, 1.165) is 59.9 Å². The number of hydrogen-bond acceptors (Lipinski definition) is 5. The third-order valence-electron chi connectivity index (χ3n) is 4.79. The minimum Gasteiger partial charge on any atom is -0.341 e. The van der Waals surface area contributed by atoms with Crippen LogP contribution >= 0.6 is 34.5 Å². The Labute approximate surface area is 171 Å². The maximum atomic E-state index is 13.0. The zero-order chi connectivity index (χ0) is 19.0. The van der Waals surface area contributed by atoms with E-state index in [1.807, 2.05) is 12.1 Å². The summed E-state index contributed by atoms with van der Waals surface area (Å²) in [4.78, 5) is 24.8. The summed E-state index contributed by atoms with van der Waals surface area (Å²) >= 11 is 13.9. The summed E-state index contributed by atoms with van der Waals surface area (Å²) in [6, 6.07) is 5.49. The summed E-state index contributed by atoms with van der Waals surface area (Å²) in [7, 11) is 0. The molecule has 1 aromatic carbocycles. The predicted molar refractivity (Wildman–Crippen MR) is 115 cm³/mol. The number of nitrogens with one attached hydrogen (secondary N) is 2. The molecule has 1 aliphatic rings. The smallest absolute Gasteiger partial charge is 0.261 e. The molecule has 2 aromatic heterocycles. The van der Waals surface area contributed by atoms with Crippen LogP contribution in [-0.4, -0.2) is 36.1 Å². The summed E-state index contributed by atoms with van der Waals surface area (Å²) in [5, 5.41) is 4.98. The lowest BCUT2D eigenvalue weighted by Gasteiger charge is -2.20. The number of thiophene rings is 1. The second-order valence-corrected chi connectivity index (χ2v) is 8.44. The van der Waals surface area contributed by atoms with Gasteiger partial charge in [0, 0.05) is 30.1 Å². The monoisotopic (exact) mass is 422 g/mol. The zero-order valence-electron chi connectivity index (χ0n) is 14.9. The summed E-state index contributed by atoms with van der Waals surface area (Å²) in [5.74, 6) is 0.654. The van der Waals surface area contributed by atoms with Crippen LogP contribution in [0.2, 0.25) is 10.0 Å². The maximum Gasteiger partial charge on any atom is 0.261 e. The van der Waals surface area contributed by atoms with Gasteiger partial charge in [0.1, 0.15) is 4.83 Å². The molecular weight excluding hydrogens is 403 g/mol. The standard InChI is InChI=1S/C19H20Cl2N4OS/c1-2-14-15(11-4-5-12(20)13(21)10-11)16-17(26)23-19(24-18(16)27-14)25-8-3-6-22-7-9-25/h4-5,10,22H,2-3,6-9H2,1H3,(H,23,24,26). The molecule has 8 heteroatoms. The first-order valence-corrected chi connectivity index (χ1v) is 10.6. The Morgan fingerprint density at radius 2 is 2.07 bits per heavy atom. The zero-order valence-corrected chi connectivity index (χ0v) is 17.3. The second kappa shape index (κ2) is 7.80. The number of hydrogen-bond donors (Lipinski definition) is 2. The number of benzene rings is 1. The van der Waals surface area contributed by atoms with Crippen molar-refractivity contribution >= 4 is 50.7 Å². The van der Waals surface area contributed by atoms with Crippen molar-refractivity contribution in [3.63, 3.8) is 0 Å². The van der Waals surface area contributed by atoms with Crippen LogP contribution in [0.15, 0.2) is 23.0 Å². The number of aryl methyl sites for hydroxylation is 1. The largest absolute Gasteiger partial charge is 0.341 e. The fourth-order valence-corrected chi connectivity index (χ4v) is 4.88. The Hall–Kier alpha value is -1.60. The topological polar surface area (TPSA) is 61.0 Å². The molecule has 0 atom stereocenters. The van der Waals surface area contributed by atoms with Gasteiger partial charge in [0.2, 0.25) is 5.95 Å². The molecule has 1 aliphatic heterocycles. The highest BCUT2D eigenvalue weighted by molar-refractivity contribution is 7.19. The first kappa shape index (κ1) is 18.7. The van der Waals surface area contributed by atoms with E-state index in [2.05, 4.69) is 22.1 Å². The number of H-pyrrole nitrogens is 1. The van der Waals surface area contributed by atoms with Crippen molar-refractivity contribution in [2.24, 2.45) is 0 Å². The van der Waals surface area contributed by atoms with Gasteiger partial charge >= 0.3 is 0 Å². The van der Waals surface area contributed by atoms with Crippen LogP contribution in [0.5, 0.6) is 0 Å². The van der Waals surface area contributed by atoms with E-state index in [1.165, 1.54) is 0 Å². The van der Waals surface area contributed by atoms with Gasteiger partial charge in [0.15, 0.2) is 0 Å². The van der Waals surface area contributed by atoms with Crippen LogP contribution in [0.1, 0.15) is 18.2 Å². The van der Waals surface area contributed by atoms with Gasteiger partial charge in [-0.15, -0.1) is 11.3 Å². The normalized spacial score (nSPS) is 15.3. The summed E-state index contributed by atoms with van der Waals surface area (Å²) in [6.45, 7) is 5.68. The van der Waals surface area contributed by atoms with Gasteiger partial charge < -0.3 is 10.2 Å². The molecule has 3 heterocycles. The maximum absolute atomic E-state index is 13.0. The van der Waals surface area contributed by atoms with Crippen LogP contribution in [0, 0.1) is 0 Å². The molecule has 0 unspecified atom stereocenters. The lowest BCUT2D eigenvalue weighted by Crippen LogP contribution is -2.31. The van der Waals surface area contributed by atoms with E-state index in [9.17, 15) is 4.79 Å². The molecule has 1 saturated heterocycles. The number of halogens is 2. The summed E-state index contributed by atoms with van der Waals surface area (Å²) < 4.78 is 0. The van der Waals surface area contributed by atoms with Crippen molar-refractivity contribution in [3.8, 4) is 11.1 Å². The molecule has 3 aromatic rings. The quantitative estimate of drug-likeness (QED) is 0.659. The van der Waals surface area contributed by atoms with E-state index in [0.29, 0.717) is 21.4 Å².